The van der Waals surface area contributed by atoms with Gasteiger partial charge in [-0.2, -0.15) is 0 Å². The van der Waals surface area contributed by atoms with Crippen LogP contribution in [0.25, 0.3) is 0 Å². The first-order valence-electron chi connectivity index (χ1n) is 5.11. The van der Waals surface area contributed by atoms with E-state index < -0.39 is 0 Å². The van der Waals surface area contributed by atoms with Gasteiger partial charge in [0, 0.05) is 18.9 Å². The third-order valence-corrected chi connectivity index (χ3v) is 1.60. The lowest BCUT2D eigenvalue weighted by molar-refractivity contribution is -0.0979. The first-order valence-corrected chi connectivity index (χ1v) is 5.11. The molecule has 0 radical (unpaired) electrons. The highest BCUT2D eigenvalue weighted by molar-refractivity contribution is 5.11. The van der Waals surface area contributed by atoms with E-state index in [1.165, 1.54) is 5.56 Å². The lowest BCUT2D eigenvalue weighted by Crippen LogP contribution is -2.14. The number of likely N-dealkylation sites (N-methyl/N-ethyl adjacent to an activating group) is 1. The highest BCUT2D eigenvalue weighted by atomic mass is 16.1. The average molecular weight is 210 g/mol. The summed E-state index contributed by atoms with van der Waals surface area (Å²) in [6.07, 6.45) is 4.78. The van der Waals surface area contributed by atoms with Crippen molar-refractivity contribution in [3.63, 3.8) is 0 Å². The zero-order valence-corrected chi connectivity index (χ0v) is 10.2. The molecule has 0 fully saturated rings. The van der Waals surface area contributed by atoms with Crippen molar-refractivity contribution in [2.24, 2.45) is 0 Å². The van der Waals surface area contributed by atoms with Gasteiger partial charge in [0.25, 0.3) is 0 Å². The van der Waals surface area contributed by atoms with E-state index in [1.54, 1.807) is 0 Å². The van der Waals surface area contributed by atoms with Crippen molar-refractivity contribution in [1.82, 2.24) is 9.88 Å². The molecule has 0 atom stereocenters. The van der Waals surface area contributed by atoms with Gasteiger partial charge < -0.3 is 9.69 Å². The van der Waals surface area contributed by atoms with Crippen LogP contribution in [0.1, 0.15) is 19.4 Å². The molecule has 0 bridgehead atoms. The molecule has 86 valence electrons. The zero-order valence-electron chi connectivity index (χ0n) is 10.2. The van der Waals surface area contributed by atoms with Crippen LogP contribution >= 0.6 is 0 Å². The quantitative estimate of drug-likeness (QED) is 0.765. The molecular formula is C12H22N2O. The predicted octanol–water partition coefficient (Wildman–Crippen LogP) is 2.03. The van der Waals surface area contributed by atoms with Crippen molar-refractivity contribution in [3.05, 3.63) is 30.1 Å². The Morgan fingerprint density at radius 2 is 1.67 bits per heavy atom. The Bertz CT molecular complexity index is 212. The molecule has 15 heavy (non-hydrogen) atoms. The van der Waals surface area contributed by atoms with Crippen LogP contribution in [0.15, 0.2) is 24.5 Å². The summed E-state index contributed by atoms with van der Waals surface area (Å²) in [5, 5.41) is 0. The first kappa shape index (κ1) is 16.2. The van der Waals surface area contributed by atoms with Gasteiger partial charge in [0.15, 0.2) is 0 Å². The van der Waals surface area contributed by atoms with Crippen LogP contribution in [-0.4, -0.2) is 37.3 Å². The predicted molar refractivity (Wildman–Crippen MR) is 65.0 cm³/mol. The van der Waals surface area contributed by atoms with E-state index in [0.717, 1.165) is 13.0 Å². The minimum atomic E-state index is 1.10. The van der Waals surface area contributed by atoms with Crippen LogP contribution < -0.4 is 0 Å². The summed E-state index contributed by atoms with van der Waals surface area (Å²) >= 11 is 0. The van der Waals surface area contributed by atoms with Gasteiger partial charge in [-0.1, -0.05) is 13.8 Å². The number of carbonyl (C=O) groups is 1. The highest BCUT2D eigenvalue weighted by Gasteiger charge is 1.92. The van der Waals surface area contributed by atoms with Crippen molar-refractivity contribution in [2.75, 3.05) is 20.6 Å². The second-order valence-corrected chi connectivity index (χ2v) is 2.91. The van der Waals surface area contributed by atoms with Gasteiger partial charge in [0.05, 0.1) is 0 Å². The molecule has 3 nitrogen and oxygen atoms in total. The number of hydrogen-bond donors (Lipinski definition) is 0. The molecule has 0 amide bonds. The molecule has 1 aromatic heterocycles. The molecular weight excluding hydrogens is 188 g/mol. The molecule has 0 unspecified atom stereocenters. The lowest BCUT2D eigenvalue weighted by Gasteiger charge is -2.08. The fraction of sp³-hybridized carbons (Fsp3) is 0.500. The van der Waals surface area contributed by atoms with Gasteiger partial charge in [-0.15, -0.1) is 0 Å². The van der Waals surface area contributed by atoms with Gasteiger partial charge in [0.1, 0.15) is 6.79 Å². The topological polar surface area (TPSA) is 33.2 Å². The number of nitrogens with zero attached hydrogens (tertiary/aromatic N) is 2. The van der Waals surface area contributed by atoms with Crippen LogP contribution in [0, 0.1) is 0 Å². The fourth-order valence-electron chi connectivity index (χ4n) is 0.902. The maximum Gasteiger partial charge on any atom is 0.106 e. The SMILES string of the molecule is C=O.CC.CN(C)CCc1ccncc1. The molecule has 1 heterocycles. The molecule has 1 rings (SSSR count). The molecule has 0 N–H and O–H groups in total. The highest BCUT2D eigenvalue weighted by Crippen LogP contribution is 1.97. The average Bonchev–Trinajstić information content (AvgIpc) is 2.33. The summed E-state index contributed by atoms with van der Waals surface area (Å²) in [5.74, 6) is 0. The second-order valence-electron chi connectivity index (χ2n) is 2.91. The van der Waals surface area contributed by atoms with E-state index in [0.29, 0.717) is 0 Å². The van der Waals surface area contributed by atoms with E-state index in [2.05, 4.69) is 36.1 Å². The Kier molecular flexibility index (Phi) is 13.8. The monoisotopic (exact) mass is 210 g/mol. The van der Waals surface area contributed by atoms with Crippen molar-refractivity contribution < 1.29 is 4.79 Å². The summed E-state index contributed by atoms with van der Waals surface area (Å²) in [6, 6.07) is 4.12. The third kappa shape index (κ3) is 10.7. The van der Waals surface area contributed by atoms with E-state index >= 15 is 0 Å². The lowest BCUT2D eigenvalue weighted by atomic mass is 10.2. The van der Waals surface area contributed by atoms with Crippen LogP contribution in [0.2, 0.25) is 0 Å². The molecule has 0 aliphatic rings. The maximum absolute atomic E-state index is 8.00. The fourth-order valence-corrected chi connectivity index (χ4v) is 0.902. The number of rotatable bonds is 3. The van der Waals surface area contributed by atoms with Crippen molar-refractivity contribution in [1.29, 1.82) is 0 Å². The van der Waals surface area contributed by atoms with Crippen LogP contribution in [0.5, 0.6) is 0 Å². The molecule has 0 aliphatic carbocycles. The minimum absolute atomic E-state index is 1.10. The number of pyridine rings is 1. The van der Waals surface area contributed by atoms with E-state index in [1.807, 2.05) is 33.0 Å². The number of hydrogen-bond acceptors (Lipinski definition) is 3. The Morgan fingerprint density at radius 3 is 2.07 bits per heavy atom. The van der Waals surface area contributed by atoms with Crippen molar-refractivity contribution >= 4 is 6.79 Å². The molecule has 0 saturated carbocycles. The van der Waals surface area contributed by atoms with E-state index in [9.17, 15) is 0 Å². The van der Waals surface area contributed by atoms with Crippen molar-refractivity contribution in [2.45, 2.75) is 20.3 Å². The van der Waals surface area contributed by atoms with Gasteiger partial charge in [0.2, 0.25) is 0 Å². The van der Waals surface area contributed by atoms with Gasteiger partial charge >= 0.3 is 0 Å². The van der Waals surface area contributed by atoms with Gasteiger partial charge in [-0.05, 0) is 38.2 Å². The Hall–Kier alpha value is -1.22. The summed E-state index contributed by atoms with van der Waals surface area (Å²) in [6.45, 7) is 7.10. The summed E-state index contributed by atoms with van der Waals surface area (Å²) in [4.78, 5) is 14.1. The first-order chi connectivity index (χ1) is 7.29. The minimum Gasteiger partial charge on any atom is -0.309 e. The smallest absolute Gasteiger partial charge is 0.106 e. The second kappa shape index (κ2) is 12.8. The Balaban J connectivity index is 0. The van der Waals surface area contributed by atoms with Gasteiger partial charge in [-0.3, -0.25) is 4.98 Å². The molecule has 0 aliphatic heterocycles. The summed E-state index contributed by atoms with van der Waals surface area (Å²) < 4.78 is 0. The van der Waals surface area contributed by atoms with Crippen molar-refractivity contribution in [3.8, 4) is 0 Å². The molecule has 0 aromatic carbocycles. The third-order valence-electron chi connectivity index (χ3n) is 1.60. The zero-order chi connectivity index (χ0) is 12.1. The van der Waals surface area contributed by atoms with Gasteiger partial charge in [-0.25, -0.2) is 0 Å². The normalized spacial score (nSPS) is 8.33. The summed E-state index contributed by atoms with van der Waals surface area (Å²) in [5.41, 5.74) is 1.36. The molecule has 0 saturated heterocycles. The van der Waals surface area contributed by atoms with Crippen LogP contribution in [-0.2, 0) is 11.2 Å². The Labute approximate surface area is 93.1 Å². The largest absolute Gasteiger partial charge is 0.309 e. The van der Waals surface area contributed by atoms with E-state index in [-0.39, 0.29) is 0 Å². The molecule has 3 heteroatoms. The maximum atomic E-state index is 8.00. The number of carbonyl (C=O) groups excluding carboxylic acids is 1. The van der Waals surface area contributed by atoms with E-state index in [4.69, 9.17) is 4.79 Å². The summed E-state index contributed by atoms with van der Waals surface area (Å²) in [7, 11) is 4.17. The molecule has 0 spiro atoms. The van der Waals surface area contributed by atoms with Crippen LogP contribution in [0.4, 0.5) is 0 Å². The van der Waals surface area contributed by atoms with Crippen LogP contribution in [0.3, 0.4) is 0 Å². The Morgan fingerprint density at radius 1 is 1.20 bits per heavy atom. The molecule has 1 aromatic rings. The number of aromatic nitrogens is 1. The standard InChI is InChI=1S/C9H14N2.C2H6.CH2O/c1-11(2)8-5-9-3-6-10-7-4-9;2*1-2/h3-4,6-7H,5,8H2,1-2H3;1-2H3;1H2.